The number of nitrogens with one attached hydrogen (secondary N) is 2. The van der Waals surface area contributed by atoms with E-state index in [2.05, 4.69) is 10.6 Å². The highest BCUT2D eigenvalue weighted by molar-refractivity contribution is 6.13. The zero-order chi connectivity index (χ0) is 32.1. The molecule has 1 aromatic heterocycles. The van der Waals surface area contributed by atoms with Crippen LogP contribution in [0.4, 0.5) is 5.69 Å². The fraction of sp³-hybridized carbons (Fsp3) is 0.382. The number of carbonyl (C=O) groups excluding carboxylic acids is 4. The molecule has 45 heavy (non-hydrogen) atoms. The lowest BCUT2D eigenvalue weighted by molar-refractivity contribution is -0.140. The lowest BCUT2D eigenvalue weighted by Crippen LogP contribution is -2.49. The molecule has 11 nitrogen and oxygen atoms in total. The molecule has 0 radical (unpaired) electrons. The van der Waals surface area contributed by atoms with Crippen molar-refractivity contribution in [2.24, 2.45) is 0 Å². The number of benzene rings is 2. The van der Waals surface area contributed by atoms with Gasteiger partial charge < -0.3 is 29.8 Å². The van der Waals surface area contributed by atoms with Crippen LogP contribution in [0.3, 0.4) is 0 Å². The summed E-state index contributed by atoms with van der Waals surface area (Å²) in [4.78, 5) is 58.0. The number of aryl methyl sites for hydroxylation is 1. The highest BCUT2D eigenvalue weighted by Crippen LogP contribution is 2.25. The van der Waals surface area contributed by atoms with Crippen LogP contribution in [0.1, 0.15) is 58.6 Å². The van der Waals surface area contributed by atoms with E-state index in [4.69, 9.17) is 4.42 Å². The summed E-state index contributed by atoms with van der Waals surface area (Å²) in [6, 6.07) is 14.7. The number of allylic oxidation sites excluding steroid dienone is 1. The Bertz CT molecular complexity index is 1690. The normalized spacial score (nSPS) is 17.4. The molecule has 5 rings (SSSR count). The molecule has 0 saturated carbocycles. The summed E-state index contributed by atoms with van der Waals surface area (Å²) in [5, 5.41) is 17.6. The topological polar surface area (TPSA) is 139 Å². The molecule has 2 aromatic carbocycles. The van der Waals surface area contributed by atoms with Crippen LogP contribution in [-0.2, 0) is 9.59 Å². The minimum Gasteiger partial charge on any atom is -0.461 e. The highest BCUT2D eigenvalue weighted by atomic mass is 16.3. The summed E-state index contributed by atoms with van der Waals surface area (Å²) < 4.78 is 5.70. The van der Waals surface area contributed by atoms with E-state index in [0.717, 1.165) is 36.8 Å². The van der Waals surface area contributed by atoms with Crippen LogP contribution in [-0.4, -0.2) is 84.5 Å². The van der Waals surface area contributed by atoms with Gasteiger partial charge in [-0.2, -0.15) is 5.26 Å². The first-order valence-electron chi connectivity index (χ1n) is 15.3. The van der Waals surface area contributed by atoms with E-state index < -0.39 is 11.8 Å². The molecule has 11 heteroatoms. The monoisotopic (exact) mass is 610 g/mol. The molecule has 2 N–H and O–H groups in total. The summed E-state index contributed by atoms with van der Waals surface area (Å²) in [6.07, 6.45) is 3.83. The lowest BCUT2D eigenvalue weighted by atomic mass is 10.0. The number of likely N-dealkylation sites (tertiary alicyclic amines) is 2. The first-order chi connectivity index (χ1) is 21.6. The van der Waals surface area contributed by atoms with Gasteiger partial charge >= 0.3 is 0 Å². The number of hydrogen-bond donors (Lipinski definition) is 2. The van der Waals surface area contributed by atoms with Crippen LogP contribution in [0.2, 0.25) is 0 Å². The van der Waals surface area contributed by atoms with Crippen molar-refractivity contribution in [2.75, 3.05) is 45.6 Å². The van der Waals surface area contributed by atoms with E-state index in [9.17, 15) is 24.4 Å². The molecule has 3 amide bonds. The number of hydrogen-bond acceptors (Lipinski definition) is 8. The van der Waals surface area contributed by atoms with Crippen molar-refractivity contribution >= 4 is 40.2 Å². The molecular formula is C34H38N6O5. The highest BCUT2D eigenvalue weighted by Gasteiger charge is 2.32. The predicted molar refractivity (Wildman–Crippen MR) is 169 cm³/mol. The summed E-state index contributed by atoms with van der Waals surface area (Å²) in [5.74, 6) is -0.410. The number of fused-ring (bicyclic) bond motifs is 1. The Morgan fingerprint density at radius 2 is 1.73 bits per heavy atom. The maximum absolute atomic E-state index is 13.9. The lowest BCUT2D eigenvalue weighted by Gasteiger charge is -2.28. The van der Waals surface area contributed by atoms with Crippen molar-refractivity contribution in [1.29, 1.82) is 5.26 Å². The van der Waals surface area contributed by atoms with Crippen molar-refractivity contribution in [3.05, 3.63) is 76.8 Å². The number of nitrogens with zero attached hydrogens (tertiary/aromatic N) is 4. The molecule has 2 aliphatic heterocycles. The van der Waals surface area contributed by atoms with Crippen LogP contribution in [0.15, 0.2) is 64.3 Å². The molecule has 1 atom stereocenters. The SMILES string of the molecule is Cc1cc2cc(NC(N[C@H]3CCCCN(CC(=O)N4CCCC4)C3=O)=C(C#N)C(=O)c3cccc(C(=O)N(C)C)c3)ccc2o1. The minimum absolute atomic E-state index is 0.00324. The third-order valence-electron chi connectivity index (χ3n) is 8.16. The number of anilines is 1. The maximum atomic E-state index is 13.9. The van der Waals surface area contributed by atoms with Gasteiger partial charge in [0, 0.05) is 55.9 Å². The van der Waals surface area contributed by atoms with E-state index in [0.29, 0.717) is 42.9 Å². The van der Waals surface area contributed by atoms with E-state index >= 15 is 0 Å². The molecule has 0 spiro atoms. The number of ketones is 1. The van der Waals surface area contributed by atoms with Crippen LogP contribution in [0, 0.1) is 18.3 Å². The Kier molecular flexibility index (Phi) is 9.52. The maximum Gasteiger partial charge on any atom is 0.253 e. The van der Waals surface area contributed by atoms with Gasteiger partial charge in [0.15, 0.2) is 0 Å². The van der Waals surface area contributed by atoms with Crippen molar-refractivity contribution < 1.29 is 23.6 Å². The molecular weight excluding hydrogens is 572 g/mol. The number of amides is 3. The summed E-state index contributed by atoms with van der Waals surface area (Å²) >= 11 is 0. The minimum atomic E-state index is -0.779. The van der Waals surface area contributed by atoms with Gasteiger partial charge in [-0.3, -0.25) is 19.2 Å². The molecule has 0 aliphatic carbocycles. The fourth-order valence-corrected chi connectivity index (χ4v) is 5.79. The van der Waals surface area contributed by atoms with Crippen molar-refractivity contribution in [3.8, 4) is 6.07 Å². The summed E-state index contributed by atoms with van der Waals surface area (Å²) in [6.45, 7) is 3.70. The molecule has 2 fully saturated rings. The standard InChI is InChI=1S/C34H38N6O5/c1-22-17-25-19-26(12-13-29(25)45-22)36-32(27(20-35)31(42)23-9-8-10-24(18-23)33(43)38(2)3)37-28-11-4-5-16-40(34(28)44)21-30(41)39-14-6-7-15-39/h8-10,12-13,17-19,28,36-37H,4-7,11,14-16,21H2,1-3H3/t28-/m0/s1. The molecule has 2 aliphatic rings. The second-order valence-corrected chi connectivity index (χ2v) is 11.7. The van der Waals surface area contributed by atoms with Crippen LogP contribution < -0.4 is 10.6 Å². The molecule has 0 unspecified atom stereocenters. The molecule has 3 heterocycles. The number of Topliss-reactive ketones (excluding diaryl/α,β-unsaturated/α-hetero) is 1. The van der Waals surface area contributed by atoms with Crippen molar-refractivity contribution in [1.82, 2.24) is 20.0 Å². The largest absolute Gasteiger partial charge is 0.461 e. The third-order valence-corrected chi connectivity index (χ3v) is 8.16. The van der Waals surface area contributed by atoms with Gasteiger partial charge in [0.25, 0.3) is 5.91 Å². The second-order valence-electron chi connectivity index (χ2n) is 11.7. The van der Waals surface area contributed by atoms with Crippen LogP contribution in [0.25, 0.3) is 11.0 Å². The molecule has 2 saturated heterocycles. The smallest absolute Gasteiger partial charge is 0.253 e. The Balaban J connectivity index is 1.49. The van der Waals surface area contributed by atoms with Gasteiger partial charge in [-0.15, -0.1) is 0 Å². The van der Waals surface area contributed by atoms with Gasteiger partial charge in [0.2, 0.25) is 17.6 Å². The number of carbonyl (C=O) groups is 4. The first-order valence-corrected chi connectivity index (χ1v) is 15.3. The van der Waals surface area contributed by atoms with Gasteiger partial charge in [-0.1, -0.05) is 12.1 Å². The quantitative estimate of drug-likeness (QED) is 0.210. The Morgan fingerprint density at radius 1 is 1.00 bits per heavy atom. The average molecular weight is 611 g/mol. The summed E-state index contributed by atoms with van der Waals surface area (Å²) in [5.41, 5.74) is 1.48. The zero-order valence-electron chi connectivity index (χ0n) is 25.9. The van der Waals surface area contributed by atoms with Crippen LogP contribution >= 0.6 is 0 Å². The molecule has 3 aromatic rings. The van der Waals surface area contributed by atoms with Crippen molar-refractivity contribution in [3.63, 3.8) is 0 Å². The molecule has 0 bridgehead atoms. The summed E-state index contributed by atoms with van der Waals surface area (Å²) in [7, 11) is 3.24. The van der Waals surface area contributed by atoms with Gasteiger partial charge in [0.1, 0.15) is 34.8 Å². The van der Waals surface area contributed by atoms with E-state index in [1.54, 1.807) is 54.2 Å². The van der Waals surface area contributed by atoms with E-state index in [1.165, 1.54) is 11.0 Å². The fourth-order valence-electron chi connectivity index (χ4n) is 5.79. The Hall–Kier alpha value is -5.11. The van der Waals surface area contributed by atoms with Gasteiger partial charge in [-0.05, 0) is 75.4 Å². The Morgan fingerprint density at radius 3 is 2.47 bits per heavy atom. The van der Waals surface area contributed by atoms with Gasteiger partial charge in [-0.25, -0.2) is 0 Å². The van der Waals surface area contributed by atoms with Crippen LogP contribution in [0.5, 0.6) is 0 Å². The number of nitriles is 1. The second kappa shape index (κ2) is 13.7. The average Bonchev–Trinajstić information content (AvgIpc) is 3.67. The third kappa shape index (κ3) is 7.17. The Labute approximate surface area is 262 Å². The van der Waals surface area contributed by atoms with E-state index in [-0.39, 0.29) is 41.2 Å². The van der Waals surface area contributed by atoms with Gasteiger partial charge in [0.05, 0.1) is 6.54 Å². The zero-order valence-corrected chi connectivity index (χ0v) is 25.9. The number of furan rings is 1. The number of rotatable bonds is 9. The molecule has 234 valence electrons. The van der Waals surface area contributed by atoms with E-state index in [1.807, 2.05) is 25.1 Å². The predicted octanol–water partition coefficient (Wildman–Crippen LogP) is 4.07. The first kappa shape index (κ1) is 31.3. The van der Waals surface area contributed by atoms with Crippen molar-refractivity contribution in [2.45, 2.75) is 45.1 Å².